The number of rotatable bonds is 7. The Morgan fingerprint density at radius 1 is 1.33 bits per heavy atom. The molecule has 1 aromatic rings. The van der Waals surface area contributed by atoms with Crippen LogP contribution >= 0.6 is 0 Å². The monoisotopic (exact) mass is 250 g/mol. The predicted octanol–water partition coefficient (Wildman–Crippen LogP) is 3.22. The molecule has 2 unspecified atom stereocenters. The molecule has 1 aromatic heterocycles. The summed E-state index contributed by atoms with van der Waals surface area (Å²) in [5, 5.41) is 3.59. The van der Waals surface area contributed by atoms with Gasteiger partial charge in [0, 0.05) is 24.2 Å². The number of ether oxygens (including phenoxy) is 1. The van der Waals surface area contributed by atoms with Crippen LogP contribution in [0.2, 0.25) is 0 Å². The van der Waals surface area contributed by atoms with Crippen molar-refractivity contribution in [2.75, 3.05) is 13.7 Å². The summed E-state index contributed by atoms with van der Waals surface area (Å²) in [5.74, 6) is 1.76. The maximum Gasteiger partial charge on any atom is 0.213 e. The molecule has 0 radical (unpaired) electrons. The Hall–Kier alpha value is -1.09. The minimum absolute atomic E-state index is 0.456. The van der Waals surface area contributed by atoms with Gasteiger partial charge in [-0.2, -0.15) is 0 Å². The first-order valence-corrected chi connectivity index (χ1v) is 6.83. The first kappa shape index (κ1) is 15.0. The lowest BCUT2D eigenvalue weighted by molar-refractivity contribution is 0.370. The van der Waals surface area contributed by atoms with Gasteiger partial charge in [0.15, 0.2) is 0 Å². The number of nitrogens with zero attached hydrogens (tertiary/aromatic N) is 1. The van der Waals surface area contributed by atoms with E-state index in [1.54, 1.807) is 7.11 Å². The van der Waals surface area contributed by atoms with E-state index in [4.69, 9.17) is 4.74 Å². The summed E-state index contributed by atoms with van der Waals surface area (Å²) in [5.41, 5.74) is 1.30. The molecule has 0 aliphatic rings. The van der Waals surface area contributed by atoms with E-state index >= 15 is 0 Å². The number of nitrogens with one attached hydrogen (secondary N) is 1. The van der Waals surface area contributed by atoms with Crippen molar-refractivity contribution < 1.29 is 4.74 Å². The molecule has 102 valence electrons. The number of hydrogen-bond acceptors (Lipinski definition) is 3. The molecule has 1 N–H and O–H groups in total. The second-order valence-corrected chi connectivity index (χ2v) is 5.14. The highest BCUT2D eigenvalue weighted by Crippen LogP contribution is 2.29. The maximum absolute atomic E-state index is 5.21. The van der Waals surface area contributed by atoms with Crippen molar-refractivity contribution in [1.82, 2.24) is 10.3 Å². The van der Waals surface area contributed by atoms with Crippen LogP contribution < -0.4 is 10.1 Å². The molecule has 3 nitrogen and oxygen atoms in total. The fourth-order valence-electron chi connectivity index (χ4n) is 2.49. The lowest BCUT2D eigenvalue weighted by Crippen LogP contribution is -2.35. The quantitative estimate of drug-likeness (QED) is 0.807. The van der Waals surface area contributed by atoms with E-state index in [1.807, 2.05) is 6.20 Å². The average molecular weight is 250 g/mol. The molecule has 0 fully saturated rings. The van der Waals surface area contributed by atoms with Crippen molar-refractivity contribution in [3.05, 3.63) is 23.9 Å². The SMILES string of the molecule is CCCNC(C)C(c1ccnc(OC)c1)C(C)C. The average Bonchev–Trinajstić information content (AvgIpc) is 2.36. The molecular formula is C15H26N2O. The van der Waals surface area contributed by atoms with E-state index in [9.17, 15) is 0 Å². The van der Waals surface area contributed by atoms with Gasteiger partial charge in [-0.05, 0) is 37.4 Å². The molecule has 0 bridgehead atoms. The van der Waals surface area contributed by atoms with Crippen LogP contribution in [0.5, 0.6) is 5.88 Å². The van der Waals surface area contributed by atoms with Crippen LogP contribution in [-0.2, 0) is 0 Å². The molecular weight excluding hydrogens is 224 g/mol. The van der Waals surface area contributed by atoms with Gasteiger partial charge < -0.3 is 10.1 Å². The zero-order chi connectivity index (χ0) is 13.5. The van der Waals surface area contributed by atoms with Gasteiger partial charge in [0.2, 0.25) is 5.88 Å². The first-order chi connectivity index (χ1) is 8.60. The minimum Gasteiger partial charge on any atom is -0.481 e. The lowest BCUT2D eigenvalue weighted by Gasteiger charge is -2.29. The smallest absolute Gasteiger partial charge is 0.213 e. The Morgan fingerprint density at radius 2 is 2.06 bits per heavy atom. The second kappa shape index (κ2) is 7.37. The van der Waals surface area contributed by atoms with E-state index in [0.29, 0.717) is 23.8 Å². The fourth-order valence-corrected chi connectivity index (χ4v) is 2.49. The van der Waals surface area contributed by atoms with Crippen LogP contribution in [0.25, 0.3) is 0 Å². The van der Waals surface area contributed by atoms with Crippen molar-refractivity contribution in [3.63, 3.8) is 0 Å². The zero-order valence-corrected chi connectivity index (χ0v) is 12.2. The highest BCUT2D eigenvalue weighted by molar-refractivity contribution is 5.25. The highest BCUT2D eigenvalue weighted by Gasteiger charge is 2.22. The Kier molecular flexibility index (Phi) is 6.13. The number of methoxy groups -OCH3 is 1. The molecule has 1 heterocycles. The maximum atomic E-state index is 5.21. The summed E-state index contributed by atoms with van der Waals surface area (Å²) in [6.45, 7) is 10.0. The summed E-state index contributed by atoms with van der Waals surface area (Å²) in [6.07, 6.45) is 2.99. The number of hydrogen-bond donors (Lipinski definition) is 1. The van der Waals surface area contributed by atoms with Gasteiger partial charge in [0.25, 0.3) is 0 Å². The number of pyridine rings is 1. The topological polar surface area (TPSA) is 34.2 Å². The summed E-state index contributed by atoms with van der Waals surface area (Å²) < 4.78 is 5.21. The Morgan fingerprint density at radius 3 is 2.61 bits per heavy atom. The molecule has 0 aliphatic heterocycles. The van der Waals surface area contributed by atoms with Gasteiger partial charge in [0.1, 0.15) is 0 Å². The lowest BCUT2D eigenvalue weighted by atomic mass is 9.83. The van der Waals surface area contributed by atoms with E-state index < -0.39 is 0 Å². The van der Waals surface area contributed by atoms with Crippen molar-refractivity contribution in [2.45, 2.75) is 46.1 Å². The summed E-state index contributed by atoms with van der Waals surface area (Å²) in [6, 6.07) is 4.60. The third kappa shape index (κ3) is 3.98. The Labute approximate surface area is 111 Å². The molecule has 0 amide bonds. The molecule has 1 rings (SSSR count). The van der Waals surface area contributed by atoms with Crippen LogP contribution in [0, 0.1) is 5.92 Å². The largest absolute Gasteiger partial charge is 0.481 e. The van der Waals surface area contributed by atoms with Crippen molar-refractivity contribution >= 4 is 0 Å². The van der Waals surface area contributed by atoms with Crippen LogP contribution in [0.15, 0.2) is 18.3 Å². The van der Waals surface area contributed by atoms with E-state index in [-0.39, 0.29) is 0 Å². The molecule has 0 spiro atoms. The molecule has 0 saturated heterocycles. The summed E-state index contributed by atoms with van der Waals surface area (Å²) in [4.78, 5) is 4.18. The molecule has 18 heavy (non-hydrogen) atoms. The fraction of sp³-hybridized carbons (Fsp3) is 0.667. The van der Waals surface area contributed by atoms with Crippen LogP contribution in [0.3, 0.4) is 0 Å². The van der Waals surface area contributed by atoms with Crippen molar-refractivity contribution in [3.8, 4) is 5.88 Å². The van der Waals surface area contributed by atoms with Crippen LogP contribution in [0.4, 0.5) is 0 Å². The van der Waals surface area contributed by atoms with Gasteiger partial charge in [-0.1, -0.05) is 20.8 Å². The van der Waals surface area contributed by atoms with Gasteiger partial charge in [0.05, 0.1) is 7.11 Å². The van der Waals surface area contributed by atoms with Gasteiger partial charge in [-0.25, -0.2) is 4.98 Å². The normalized spacial score (nSPS) is 14.6. The Balaban J connectivity index is 2.89. The molecule has 2 atom stereocenters. The van der Waals surface area contributed by atoms with E-state index in [0.717, 1.165) is 13.0 Å². The molecule has 3 heteroatoms. The Bertz CT molecular complexity index is 352. The van der Waals surface area contributed by atoms with Crippen LogP contribution in [-0.4, -0.2) is 24.7 Å². The van der Waals surface area contributed by atoms with Gasteiger partial charge in [-0.3, -0.25) is 0 Å². The molecule has 0 aromatic carbocycles. The number of aromatic nitrogens is 1. The van der Waals surface area contributed by atoms with E-state index in [1.165, 1.54) is 5.56 Å². The summed E-state index contributed by atoms with van der Waals surface area (Å²) in [7, 11) is 1.66. The predicted molar refractivity (Wildman–Crippen MR) is 76.1 cm³/mol. The van der Waals surface area contributed by atoms with Crippen molar-refractivity contribution in [1.29, 1.82) is 0 Å². The minimum atomic E-state index is 0.456. The first-order valence-electron chi connectivity index (χ1n) is 6.83. The molecule has 0 saturated carbocycles. The third-order valence-corrected chi connectivity index (χ3v) is 3.33. The second-order valence-electron chi connectivity index (χ2n) is 5.14. The highest BCUT2D eigenvalue weighted by atomic mass is 16.5. The third-order valence-electron chi connectivity index (χ3n) is 3.33. The van der Waals surface area contributed by atoms with Gasteiger partial charge in [-0.15, -0.1) is 0 Å². The van der Waals surface area contributed by atoms with Gasteiger partial charge >= 0.3 is 0 Å². The summed E-state index contributed by atoms with van der Waals surface area (Å²) >= 11 is 0. The van der Waals surface area contributed by atoms with Crippen molar-refractivity contribution in [2.24, 2.45) is 5.92 Å². The van der Waals surface area contributed by atoms with E-state index in [2.05, 4.69) is 50.1 Å². The standard InChI is InChI=1S/C15H26N2O/c1-6-8-16-12(4)15(11(2)3)13-7-9-17-14(10-13)18-5/h7,9-12,15-16H,6,8H2,1-5H3. The van der Waals surface area contributed by atoms with Crippen LogP contribution in [0.1, 0.15) is 45.6 Å². The molecule has 0 aliphatic carbocycles. The zero-order valence-electron chi connectivity index (χ0n) is 12.2.